The minimum absolute atomic E-state index is 0.189. The zero-order valence-corrected chi connectivity index (χ0v) is 16.4. The van der Waals surface area contributed by atoms with Crippen LogP contribution in [0.3, 0.4) is 0 Å². The van der Waals surface area contributed by atoms with E-state index in [2.05, 4.69) is 34.5 Å². The van der Waals surface area contributed by atoms with Crippen LogP contribution < -0.4 is 15.4 Å². The van der Waals surface area contributed by atoms with Gasteiger partial charge in [-0.05, 0) is 51.2 Å². The maximum absolute atomic E-state index is 12.1. The van der Waals surface area contributed by atoms with Crippen molar-refractivity contribution < 1.29 is 14.3 Å². The number of likely N-dealkylation sites (N-methyl/N-ethyl adjacent to an activating group) is 1. The Kier molecular flexibility index (Phi) is 7.32. The lowest BCUT2D eigenvalue weighted by molar-refractivity contribution is 0.114. The highest BCUT2D eigenvalue weighted by Gasteiger charge is 2.18. The number of rotatable bonds is 5. The summed E-state index contributed by atoms with van der Waals surface area (Å²) in [6, 6.07) is 7.41. The largest absolute Gasteiger partial charge is 0.490 e. The zero-order valence-electron chi connectivity index (χ0n) is 16.4. The van der Waals surface area contributed by atoms with E-state index in [1.165, 1.54) is 0 Å². The Morgan fingerprint density at radius 1 is 1.15 bits per heavy atom. The van der Waals surface area contributed by atoms with Crippen LogP contribution in [0, 0.1) is 5.92 Å². The van der Waals surface area contributed by atoms with Crippen LogP contribution in [0.25, 0.3) is 0 Å². The van der Waals surface area contributed by atoms with E-state index in [1.54, 1.807) is 0 Å². The van der Waals surface area contributed by atoms with Gasteiger partial charge in [-0.3, -0.25) is 0 Å². The van der Waals surface area contributed by atoms with Crippen LogP contribution in [-0.4, -0.2) is 82.0 Å². The van der Waals surface area contributed by atoms with Gasteiger partial charge in [0, 0.05) is 44.3 Å². The van der Waals surface area contributed by atoms with E-state index in [9.17, 15) is 4.79 Å². The van der Waals surface area contributed by atoms with Gasteiger partial charge in [-0.25, -0.2) is 4.79 Å². The number of hydrogen-bond donors (Lipinski definition) is 2. The highest BCUT2D eigenvalue weighted by molar-refractivity contribution is 5.89. The van der Waals surface area contributed by atoms with E-state index in [4.69, 9.17) is 9.47 Å². The maximum atomic E-state index is 12.1. The van der Waals surface area contributed by atoms with Gasteiger partial charge in [0.1, 0.15) is 11.9 Å². The van der Waals surface area contributed by atoms with Crippen LogP contribution in [0.2, 0.25) is 0 Å². The molecule has 1 aromatic rings. The van der Waals surface area contributed by atoms with Gasteiger partial charge in [0.2, 0.25) is 0 Å². The molecule has 2 aliphatic heterocycles. The Labute approximate surface area is 162 Å². The lowest BCUT2D eigenvalue weighted by Crippen LogP contribution is -2.37. The summed E-state index contributed by atoms with van der Waals surface area (Å²) in [5, 5.41) is 5.82. The fraction of sp³-hybridized carbons (Fsp3) is 0.650. The average Bonchev–Trinajstić information content (AvgIpc) is 2.87. The molecule has 0 aliphatic carbocycles. The number of likely N-dealkylation sites (tertiary alicyclic amines) is 1. The van der Waals surface area contributed by atoms with Gasteiger partial charge in [-0.1, -0.05) is 0 Å². The van der Waals surface area contributed by atoms with Gasteiger partial charge in [0.15, 0.2) is 0 Å². The van der Waals surface area contributed by atoms with Crippen LogP contribution in [0.1, 0.15) is 12.8 Å². The third-order valence-electron chi connectivity index (χ3n) is 5.17. The van der Waals surface area contributed by atoms with Crippen molar-refractivity contribution in [1.29, 1.82) is 0 Å². The zero-order chi connectivity index (χ0) is 19.1. The van der Waals surface area contributed by atoms with E-state index < -0.39 is 0 Å². The first kappa shape index (κ1) is 19.9. The summed E-state index contributed by atoms with van der Waals surface area (Å²) in [6.07, 6.45) is 2.39. The maximum Gasteiger partial charge on any atom is 0.319 e. The quantitative estimate of drug-likeness (QED) is 0.821. The van der Waals surface area contributed by atoms with Crippen molar-refractivity contribution in [1.82, 2.24) is 15.1 Å². The van der Waals surface area contributed by atoms with E-state index in [0.717, 1.165) is 57.1 Å². The van der Waals surface area contributed by atoms with Crippen molar-refractivity contribution in [2.24, 2.45) is 5.92 Å². The number of ether oxygens (including phenoxy) is 2. The molecule has 2 heterocycles. The first-order valence-corrected chi connectivity index (χ1v) is 9.85. The first-order chi connectivity index (χ1) is 13.1. The number of urea groups is 1. The van der Waals surface area contributed by atoms with Crippen molar-refractivity contribution in [3.05, 3.63) is 24.3 Å². The van der Waals surface area contributed by atoms with Crippen LogP contribution in [0.15, 0.2) is 24.3 Å². The normalized spacial score (nSPS) is 22.8. The lowest BCUT2D eigenvalue weighted by atomic mass is 10.1. The molecule has 2 fully saturated rings. The predicted octanol–water partition coefficient (Wildman–Crippen LogP) is 1.86. The van der Waals surface area contributed by atoms with E-state index >= 15 is 0 Å². The Morgan fingerprint density at radius 3 is 2.63 bits per heavy atom. The SMILES string of the molecule is CN1CCC(Oc2ccc(NC(=O)NC[C@H]3COCCN(C)C3)cc2)CC1. The van der Waals surface area contributed by atoms with E-state index in [1.807, 2.05) is 24.3 Å². The summed E-state index contributed by atoms with van der Waals surface area (Å²) in [5.41, 5.74) is 0.762. The molecule has 2 saturated heterocycles. The second-order valence-corrected chi connectivity index (χ2v) is 7.68. The predicted molar refractivity (Wildman–Crippen MR) is 106 cm³/mol. The average molecular weight is 377 g/mol. The second kappa shape index (κ2) is 9.92. The summed E-state index contributed by atoms with van der Waals surface area (Å²) < 4.78 is 11.6. The van der Waals surface area contributed by atoms with Crippen molar-refractivity contribution in [3.8, 4) is 5.75 Å². The molecule has 3 rings (SSSR count). The van der Waals surface area contributed by atoms with E-state index in [0.29, 0.717) is 19.1 Å². The molecule has 2 amide bonds. The summed E-state index contributed by atoms with van der Waals surface area (Å²) >= 11 is 0. The summed E-state index contributed by atoms with van der Waals surface area (Å²) in [4.78, 5) is 16.7. The first-order valence-electron chi connectivity index (χ1n) is 9.85. The molecule has 27 heavy (non-hydrogen) atoms. The molecule has 7 nitrogen and oxygen atoms in total. The minimum atomic E-state index is -0.189. The van der Waals surface area contributed by atoms with Crippen molar-refractivity contribution in [2.75, 3.05) is 65.3 Å². The monoisotopic (exact) mass is 376 g/mol. The van der Waals surface area contributed by atoms with Gasteiger partial charge in [-0.2, -0.15) is 0 Å². The fourth-order valence-electron chi connectivity index (χ4n) is 3.50. The minimum Gasteiger partial charge on any atom is -0.490 e. The van der Waals surface area contributed by atoms with Gasteiger partial charge in [0.05, 0.1) is 13.2 Å². The number of anilines is 1. The number of piperidine rings is 1. The molecule has 7 heteroatoms. The van der Waals surface area contributed by atoms with Gasteiger partial charge < -0.3 is 29.9 Å². The molecule has 0 unspecified atom stereocenters. The molecular formula is C20H32N4O3. The molecule has 0 aromatic heterocycles. The number of benzene rings is 1. The van der Waals surface area contributed by atoms with Crippen molar-refractivity contribution in [3.63, 3.8) is 0 Å². The Balaban J connectivity index is 1.40. The molecule has 2 aliphatic rings. The van der Waals surface area contributed by atoms with Crippen LogP contribution in [0.5, 0.6) is 5.75 Å². The van der Waals surface area contributed by atoms with Crippen molar-refractivity contribution >= 4 is 11.7 Å². The Bertz CT molecular complexity index is 587. The summed E-state index contributed by atoms with van der Waals surface area (Å²) in [5.74, 6) is 1.17. The van der Waals surface area contributed by atoms with E-state index in [-0.39, 0.29) is 12.1 Å². The fourth-order valence-corrected chi connectivity index (χ4v) is 3.50. The molecule has 0 bridgehead atoms. The van der Waals surface area contributed by atoms with Gasteiger partial charge >= 0.3 is 6.03 Å². The number of carbonyl (C=O) groups excluding carboxylic acids is 1. The molecule has 150 valence electrons. The third-order valence-corrected chi connectivity index (χ3v) is 5.17. The van der Waals surface area contributed by atoms with Crippen LogP contribution >= 0.6 is 0 Å². The number of nitrogens with zero attached hydrogens (tertiary/aromatic N) is 2. The molecule has 2 N–H and O–H groups in total. The molecule has 1 atom stereocenters. The van der Waals surface area contributed by atoms with Crippen LogP contribution in [-0.2, 0) is 4.74 Å². The van der Waals surface area contributed by atoms with Crippen molar-refractivity contribution in [2.45, 2.75) is 18.9 Å². The molecule has 0 spiro atoms. The number of hydrogen-bond acceptors (Lipinski definition) is 5. The molecule has 0 radical (unpaired) electrons. The summed E-state index contributed by atoms with van der Waals surface area (Å²) in [6.45, 7) is 6.07. The number of carbonyl (C=O) groups is 1. The van der Waals surface area contributed by atoms with Gasteiger partial charge in [0.25, 0.3) is 0 Å². The van der Waals surface area contributed by atoms with Gasteiger partial charge in [-0.15, -0.1) is 0 Å². The van der Waals surface area contributed by atoms with Crippen LogP contribution in [0.4, 0.5) is 10.5 Å². The standard InChI is InChI=1S/C20H32N4O3/c1-23-9-7-19(8-10-23)27-18-5-3-17(4-6-18)22-20(25)21-13-16-14-24(2)11-12-26-15-16/h3-6,16,19H,7-15H2,1-2H3,(H2,21,22,25)/t16-/m1/s1. The Hall–Kier alpha value is -1.83. The molecular weight excluding hydrogens is 344 g/mol. The summed E-state index contributed by atoms with van der Waals surface area (Å²) in [7, 11) is 4.22. The second-order valence-electron chi connectivity index (χ2n) is 7.68. The highest BCUT2D eigenvalue weighted by Crippen LogP contribution is 2.20. The lowest BCUT2D eigenvalue weighted by Gasteiger charge is -2.29. The topological polar surface area (TPSA) is 66.1 Å². The smallest absolute Gasteiger partial charge is 0.319 e. The third kappa shape index (κ3) is 6.68. The molecule has 0 saturated carbocycles. The number of nitrogens with one attached hydrogen (secondary N) is 2. The highest BCUT2D eigenvalue weighted by atomic mass is 16.5. The number of amides is 2. The Morgan fingerprint density at radius 2 is 1.89 bits per heavy atom. The molecule has 1 aromatic carbocycles.